The molecule has 4 atom stereocenters. The Hall–Kier alpha value is -0.0300. The van der Waals surface area contributed by atoms with Gasteiger partial charge in [0.25, 0.3) is 0 Å². The van der Waals surface area contributed by atoms with Crippen LogP contribution >= 0.6 is 24.8 Å². The van der Waals surface area contributed by atoms with Crippen molar-refractivity contribution in [3.63, 3.8) is 0 Å². The Morgan fingerprint density at radius 1 is 1.14 bits per heavy atom. The normalized spacial score (nSPS) is 34.8. The number of carbonyl (C=O) groups excluding carboxylic acids is 1. The van der Waals surface area contributed by atoms with Gasteiger partial charge in [-0.25, -0.2) is 0 Å². The highest BCUT2D eigenvalue weighted by Gasteiger charge is 2.48. The van der Waals surface area contributed by atoms with Gasteiger partial charge in [-0.2, -0.15) is 0 Å². The van der Waals surface area contributed by atoms with Crippen LogP contribution in [0.1, 0.15) is 39.0 Å². The summed E-state index contributed by atoms with van der Waals surface area (Å²) in [5.41, 5.74) is 6.22. The molecule has 0 aromatic carbocycles. The van der Waals surface area contributed by atoms with Crippen LogP contribution in [0, 0.1) is 23.7 Å². The molecule has 1 heterocycles. The van der Waals surface area contributed by atoms with E-state index >= 15 is 0 Å². The van der Waals surface area contributed by atoms with Crippen LogP contribution in [0.2, 0.25) is 0 Å². The third kappa shape index (κ3) is 4.28. The number of carbonyl (C=O) groups is 1. The highest BCUT2D eigenvalue weighted by Crippen LogP contribution is 2.47. The Labute approximate surface area is 146 Å². The average molecular weight is 352 g/mol. The summed E-state index contributed by atoms with van der Waals surface area (Å²) in [6.07, 6.45) is 6.22. The fourth-order valence-corrected chi connectivity index (χ4v) is 4.47. The lowest BCUT2D eigenvalue weighted by atomic mass is 9.84. The zero-order valence-corrected chi connectivity index (χ0v) is 15.1. The number of hydrogen-bond donors (Lipinski definition) is 2. The van der Waals surface area contributed by atoms with Crippen molar-refractivity contribution < 1.29 is 4.79 Å². The van der Waals surface area contributed by atoms with E-state index in [1.807, 2.05) is 0 Å². The van der Waals surface area contributed by atoms with E-state index in [9.17, 15) is 4.79 Å². The number of nitrogens with two attached hydrogens (primary N) is 1. The SMILES string of the molecule is CC1CCN(CCNC(=O)C2C3CCC(C3)C2N)CC1.Cl.Cl. The molecule has 2 aliphatic carbocycles. The molecule has 6 heteroatoms. The molecule has 1 aliphatic heterocycles. The highest BCUT2D eigenvalue weighted by atomic mass is 35.5. The van der Waals surface area contributed by atoms with Crippen LogP contribution in [0.5, 0.6) is 0 Å². The summed E-state index contributed by atoms with van der Waals surface area (Å²) in [5, 5.41) is 3.14. The minimum absolute atomic E-state index is 0. The van der Waals surface area contributed by atoms with E-state index in [1.54, 1.807) is 0 Å². The molecule has 3 N–H and O–H groups in total. The van der Waals surface area contributed by atoms with Crippen molar-refractivity contribution in [2.24, 2.45) is 29.4 Å². The van der Waals surface area contributed by atoms with Crippen molar-refractivity contribution in [1.82, 2.24) is 10.2 Å². The van der Waals surface area contributed by atoms with Crippen molar-refractivity contribution in [3.05, 3.63) is 0 Å². The van der Waals surface area contributed by atoms with Crippen LogP contribution in [-0.2, 0) is 4.79 Å². The number of fused-ring (bicyclic) bond motifs is 2. The summed E-state index contributed by atoms with van der Waals surface area (Å²) in [6, 6.07) is 0.115. The molecule has 3 fully saturated rings. The molecule has 0 radical (unpaired) electrons. The average Bonchev–Trinajstić information content (AvgIpc) is 3.01. The maximum absolute atomic E-state index is 12.3. The molecule has 0 spiro atoms. The van der Waals surface area contributed by atoms with Crippen molar-refractivity contribution in [3.8, 4) is 0 Å². The van der Waals surface area contributed by atoms with Gasteiger partial charge < -0.3 is 16.0 Å². The Morgan fingerprint density at radius 2 is 1.77 bits per heavy atom. The Bertz CT molecular complexity index is 359. The number of halogens is 2. The maximum atomic E-state index is 12.3. The van der Waals surface area contributed by atoms with Crippen molar-refractivity contribution in [1.29, 1.82) is 0 Å². The van der Waals surface area contributed by atoms with Crippen LogP contribution in [0.4, 0.5) is 0 Å². The summed E-state index contributed by atoms with van der Waals surface area (Å²) >= 11 is 0. The van der Waals surface area contributed by atoms with Gasteiger partial charge in [-0.05, 0) is 62.9 Å². The van der Waals surface area contributed by atoms with E-state index in [4.69, 9.17) is 5.73 Å². The number of nitrogens with zero attached hydrogens (tertiary/aromatic N) is 1. The number of rotatable bonds is 4. The minimum Gasteiger partial charge on any atom is -0.355 e. The van der Waals surface area contributed by atoms with Gasteiger partial charge in [0.1, 0.15) is 0 Å². The molecule has 1 saturated heterocycles. The summed E-state index contributed by atoms with van der Waals surface area (Å²) < 4.78 is 0. The molecule has 1 amide bonds. The van der Waals surface area contributed by atoms with Gasteiger partial charge in [0, 0.05) is 19.1 Å². The first-order chi connectivity index (χ1) is 9.65. The predicted molar refractivity (Wildman–Crippen MR) is 94.6 cm³/mol. The molecule has 130 valence electrons. The maximum Gasteiger partial charge on any atom is 0.225 e. The van der Waals surface area contributed by atoms with Crippen molar-refractivity contribution in [2.45, 2.75) is 45.1 Å². The van der Waals surface area contributed by atoms with Crippen LogP contribution in [0.15, 0.2) is 0 Å². The molecule has 0 aromatic heterocycles. The topological polar surface area (TPSA) is 58.4 Å². The molecule has 2 saturated carbocycles. The zero-order valence-electron chi connectivity index (χ0n) is 13.5. The first-order valence-corrected chi connectivity index (χ1v) is 8.41. The van der Waals surface area contributed by atoms with Gasteiger partial charge in [0.15, 0.2) is 0 Å². The van der Waals surface area contributed by atoms with Gasteiger partial charge in [-0.3, -0.25) is 4.79 Å². The van der Waals surface area contributed by atoms with Gasteiger partial charge in [0.05, 0.1) is 5.92 Å². The highest BCUT2D eigenvalue weighted by molar-refractivity contribution is 5.85. The lowest BCUT2D eigenvalue weighted by Gasteiger charge is -2.31. The largest absolute Gasteiger partial charge is 0.355 e. The number of amides is 1. The van der Waals surface area contributed by atoms with Crippen LogP contribution in [0.25, 0.3) is 0 Å². The van der Waals surface area contributed by atoms with Gasteiger partial charge >= 0.3 is 0 Å². The van der Waals surface area contributed by atoms with E-state index in [1.165, 1.54) is 45.2 Å². The van der Waals surface area contributed by atoms with Crippen LogP contribution in [-0.4, -0.2) is 43.0 Å². The third-order valence-corrected chi connectivity index (χ3v) is 5.89. The molecule has 22 heavy (non-hydrogen) atoms. The zero-order chi connectivity index (χ0) is 14.1. The monoisotopic (exact) mass is 351 g/mol. The second-order valence-electron chi connectivity index (χ2n) is 7.25. The molecule has 3 rings (SSSR count). The predicted octanol–water partition coefficient (Wildman–Crippen LogP) is 2.05. The second kappa shape index (κ2) is 8.72. The number of piperidine rings is 1. The molecule has 2 bridgehead atoms. The summed E-state index contributed by atoms with van der Waals surface area (Å²) in [6.45, 7) is 6.48. The molecule has 4 nitrogen and oxygen atoms in total. The Morgan fingerprint density at radius 3 is 2.36 bits per heavy atom. The van der Waals surface area contributed by atoms with Crippen LogP contribution in [0.3, 0.4) is 0 Å². The summed E-state index contributed by atoms with van der Waals surface area (Å²) in [7, 11) is 0. The minimum atomic E-state index is 0. The fourth-order valence-electron chi connectivity index (χ4n) is 4.47. The van der Waals surface area contributed by atoms with E-state index < -0.39 is 0 Å². The van der Waals surface area contributed by atoms with E-state index in [-0.39, 0.29) is 42.7 Å². The van der Waals surface area contributed by atoms with Crippen molar-refractivity contribution >= 4 is 30.7 Å². The number of nitrogens with one attached hydrogen (secondary N) is 1. The Kier molecular flexibility index (Phi) is 7.93. The fraction of sp³-hybridized carbons (Fsp3) is 0.938. The summed E-state index contributed by atoms with van der Waals surface area (Å²) in [5.74, 6) is 2.35. The van der Waals surface area contributed by atoms with E-state index in [2.05, 4.69) is 17.1 Å². The third-order valence-electron chi connectivity index (χ3n) is 5.89. The van der Waals surface area contributed by atoms with E-state index in [0.29, 0.717) is 11.8 Å². The van der Waals surface area contributed by atoms with Gasteiger partial charge in [0.2, 0.25) is 5.91 Å². The number of hydrogen-bond acceptors (Lipinski definition) is 3. The van der Waals surface area contributed by atoms with Gasteiger partial charge in [-0.15, -0.1) is 24.8 Å². The lowest BCUT2D eigenvalue weighted by molar-refractivity contribution is -0.127. The lowest BCUT2D eigenvalue weighted by Crippen LogP contribution is -2.47. The molecular weight excluding hydrogens is 321 g/mol. The standard InChI is InChI=1S/C16H29N3O.2ClH/c1-11-4-7-19(8-5-11)9-6-18-16(20)14-12-2-3-13(10-12)15(14)17;;/h11-15H,2-10,17H2,1H3,(H,18,20);2*1H. The number of likely N-dealkylation sites (tertiary alicyclic amines) is 1. The molecule has 3 aliphatic rings. The van der Waals surface area contributed by atoms with Crippen molar-refractivity contribution in [2.75, 3.05) is 26.2 Å². The molecule has 0 aromatic rings. The van der Waals surface area contributed by atoms with E-state index in [0.717, 1.165) is 19.0 Å². The summed E-state index contributed by atoms with van der Waals surface area (Å²) in [4.78, 5) is 14.8. The molecule has 4 unspecified atom stereocenters. The first kappa shape index (κ1) is 20.0. The van der Waals surface area contributed by atoms with Gasteiger partial charge in [-0.1, -0.05) is 6.92 Å². The second-order valence-corrected chi connectivity index (χ2v) is 7.25. The molecular formula is C16H31Cl2N3O. The Balaban J connectivity index is 0.00000121. The quantitative estimate of drug-likeness (QED) is 0.814. The van der Waals surface area contributed by atoms with Crippen LogP contribution < -0.4 is 11.1 Å². The first-order valence-electron chi connectivity index (χ1n) is 8.41. The smallest absolute Gasteiger partial charge is 0.225 e.